The number of carboxylic acids is 1. The third-order valence-corrected chi connectivity index (χ3v) is 7.79. The minimum Gasteiger partial charge on any atom is -0.478 e. The topological polar surface area (TPSA) is 74.7 Å². The summed E-state index contributed by atoms with van der Waals surface area (Å²) in [4.78, 5) is 16.5. The van der Waals surface area contributed by atoms with Crippen molar-refractivity contribution < 1.29 is 14.4 Å². The van der Waals surface area contributed by atoms with Crippen LogP contribution in [-0.4, -0.2) is 58.4 Å². The van der Waals surface area contributed by atoms with Gasteiger partial charge < -0.3 is 19.1 Å². The van der Waals surface area contributed by atoms with Crippen molar-refractivity contribution in [3.63, 3.8) is 0 Å². The van der Waals surface area contributed by atoms with E-state index in [2.05, 4.69) is 58.3 Å². The molecule has 0 amide bonds. The van der Waals surface area contributed by atoms with Crippen LogP contribution in [0.3, 0.4) is 0 Å². The Balaban J connectivity index is 1.14. The summed E-state index contributed by atoms with van der Waals surface area (Å²) >= 11 is 0. The van der Waals surface area contributed by atoms with E-state index >= 15 is 0 Å². The zero-order valence-electron chi connectivity index (χ0n) is 20.9. The predicted molar refractivity (Wildman–Crippen MR) is 141 cm³/mol. The lowest BCUT2D eigenvalue weighted by Gasteiger charge is -2.36. The number of aryl methyl sites for hydroxylation is 2. The van der Waals surface area contributed by atoms with Crippen LogP contribution in [0.4, 0.5) is 5.69 Å². The average Bonchev–Trinajstić information content (AvgIpc) is 3.56. The molecule has 1 saturated heterocycles. The Labute approximate surface area is 210 Å². The lowest BCUT2D eigenvalue weighted by molar-refractivity contribution is 0.0699. The van der Waals surface area contributed by atoms with Crippen LogP contribution in [0.25, 0.3) is 22.2 Å². The normalized spacial score (nSPS) is 16.7. The molecule has 0 spiro atoms. The van der Waals surface area contributed by atoms with Gasteiger partial charge in [0.15, 0.2) is 0 Å². The summed E-state index contributed by atoms with van der Waals surface area (Å²) in [6.45, 7) is 7.02. The second-order valence-corrected chi connectivity index (χ2v) is 10.2. The molecule has 1 aliphatic carbocycles. The first-order valence-corrected chi connectivity index (χ1v) is 12.8. The first-order valence-electron chi connectivity index (χ1n) is 12.8. The molecule has 4 aromatic rings. The van der Waals surface area contributed by atoms with Crippen LogP contribution < -0.4 is 4.90 Å². The Bertz CT molecular complexity index is 1420. The van der Waals surface area contributed by atoms with E-state index in [1.807, 2.05) is 17.7 Å². The van der Waals surface area contributed by atoms with E-state index in [0.29, 0.717) is 11.5 Å². The number of hydrogen-bond donors (Lipinski definition) is 1. The molecule has 6 rings (SSSR count). The number of carbonyl (C=O) groups is 1. The van der Waals surface area contributed by atoms with Crippen molar-refractivity contribution in [2.75, 3.05) is 37.6 Å². The molecule has 0 atom stereocenters. The largest absolute Gasteiger partial charge is 0.478 e. The van der Waals surface area contributed by atoms with Gasteiger partial charge in [0.05, 0.1) is 11.1 Å². The molecule has 2 aromatic carbocycles. The first-order chi connectivity index (χ1) is 17.5. The fourth-order valence-corrected chi connectivity index (χ4v) is 5.52. The molecule has 186 valence electrons. The number of anilines is 1. The Morgan fingerprint density at radius 3 is 2.61 bits per heavy atom. The Hall–Kier alpha value is -3.58. The highest BCUT2D eigenvalue weighted by molar-refractivity contribution is 6.04. The quantitative estimate of drug-likeness (QED) is 0.394. The van der Waals surface area contributed by atoms with Gasteiger partial charge in [-0.1, -0.05) is 29.4 Å². The smallest absolute Gasteiger partial charge is 0.337 e. The summed E-state index contributed by atoms with van der Waals surface area (Å²) in [6, 6.07) is 14.5. The van der Waals surface area contributed by atoms with Crippen LogP contribution in [0.5, 0.6) is 0 Å². The van der Waals surface area contributed by atoms with Crippen molar-refractivity contribution in [1.29, 1.82) is 0 Å². The van der Waals surface area contributed by atoms with Gasteiger partial charge in [0.1, 0.15) is 11.5 Å². The molecule has 2 fully saturated rings. The number of hydrogen-bond acceptors (Lipinski definition) is 5. The second-order valence-electron chi connectivity index (χ2n) is 10.2. The van der Waals surface area contributed by atoms with Gasteiger partial charge in [0, 0.05) is 74.1 Å². The predicted octanol–water partition coefficient (Wildman–Crippen LogP) is 5.08. The number of aromatic carboxylic acids is 1. The summed E-state index contributed by atoms with van der Waals surface area (Å²) in [5.41, 5.74) is 7.17. The molecule has 0 radical (unpaired) electrons. The van der Waals surface area contributed by atoms with Crippen LogP contribution in [-0.2, 0) is 13.5 Å². The molecular weight excluding hydrogens is 452 g/mol. The fraction of sp³-hybridized carbons (Fsp3) is 0.379. The highest BCUT2D eigenvalue weighted by Crippen LogP contribution is 2.44. The van der Waals surface area contributed by atoms with Crippen LogP contribution in [0, 0.1) is 6.92 Å². The van der Waals surface area contributed by atoms with Gasteiger partial charge in [-0.3, -0.25) is 4.90 Å². The maximum atomic E-state index is 11.5. The average molecular weight is 485 g/mol. The third-order valence-electron chi connectivity index (χ3n) is 7.79. The monoisotopic (exact) mass is 484 g/mol. The van der Waals surface area contributed by atoms with Gasteiger partial charge >= 0.3 is 5.97 Å². The summed E-state index contributed by atoms with van der Waals surface area (Å²) in [5.74, 6) is 0.755. The molecule has 1 saturated carbocycles. The zero-order valence-corrected chi connectivity index (χ0v) is 20.9. The van der Waals surface area contributed by atoms with Gasteiger partial charge in [-0.15, -0.1) is 0 Å². The van der Waals surface area contributed by atoms with Crippen LogP contribution in [0.15, 0.2) is 53.2 Å². The van der Waals surface area contributed by atoms with Gasteiger partial charge in [0.2, 0.25) is 0 Å². The van der Waals surface area contributed by atoms with Gasteiger partial charge in [-0.2, -0.15) is 0 Å². The van der Waals surface area contributed by atoms with Gasteiger partial charge in [0.25, 0.3) is 0 Å². The fourth-order valence-electron chi connectivity index (χ4n) is 5.52. The lowest BCUT2D eigenvalue weighted by Crippen LogP contribution is -2.47. The summed E-state index contributed by atoms with van der Waals surface area (Å²) in [5, 5.41) is 14.8. The standard InChI is InChI=1S/C29H32N4O3/c1-19-5-3-4-6-22(19)27-24(28(36-30-27)20-7-8-20)11-12-32-13-15-33(16-14-32)21-9-10-23-25(29(34)35)18-31(2)26(23)17-21/h3-6,9-10,17-18,20H,7-8,11-16H2,1-2H3,(H,34,35). The van der Waals surface area contributed by atoms with Crippen LogP contribution in [0.2, 0.25) is 0 Å². The Morgan fingerprint density at radius 1 is 1.11 bits per heavy atom. The lowest BCUT2D eigenvalue weighted by atomic mass is 9.98. The van der Waals surface area contributed by atoms with Gasteiger partial charge in [-0.25, -0.2) is 4.79 Å². The first kappa shape index (κ1) is 22.9. The molecule has 2 aromatic heterocycles. The summed E-state index contributed by atoms with van der Waals surface area (Å²) < 4.78 is 7.79. The van der Waals surface area contributed by atoms with E-state index in [0.717, 1.165) is 67.2 Å². The Kier molecular flexibility index (Phi) is 5.80. The zero-order chi connectivity index (χ0) is 24.8. The minimum atomic E-state index is -0.884. The third kappa shape index (κ3) is 4.17. The minimum absolute atomic E-state index is 0.355. The molecule has 36 heavy (non-hydrogen) atoms. The number of fused-ring (bicyclic) bond motifs is 1. The second kappa shape index (κ2) is 9.13. The van der Waals surface area contributed by atoms with E-state index in [4.69, 9.17) is 4.52 Å². The van der Waals surface area contributed by atoms with Crippen molar-refractivity contribution in [2.24, 2.45) is 7.05 Å². The SMILES string of the molecule is Cc1ccccc1-c1noc(C2CC2)c1CCN1CCN(c2ccc3c(C(=O)O)cn(C)c3c2)CC1. The van der Waals surface area contributed by atoms with Crippen LogP contribution in [0.1, 0.15) is 46.0 Å². The van der Waals surface area contributed by atoms with E-state index in [9.17, 15) is 9.90 Å². The van der Waals surface area contributed by atoms with Crippen molar-refractivity contribution in [2.45, 2.75) is 32.1 Å². The summed E-state index contributed by atoms with van der Waals surface area (Å²) in [6.07, 6.45) is 5.05. The maximum absolute atomic E-state index is 11.5. The molecule has 1 N–H and O–H groups in total. The summed E-state index contributed by atoms with van der Waals surface area (Å²) in [7, 11) is 1.91. The van der Waals surface area contributed by atoms with E-state index < -0.39 is 5.97 Å². The molecule has 0 unspecified atom stereocenters. The van der Waals surface area contributed by atoms with Crippen molar-refractivity contribution in [1.82, 2.24) is 14.6 Å². The maximum Gasteiger partial charge on any atom is 0.337 e. The highest BCUT2D eigenvalue weighted by Gasteiger charge is 2.33. The number of aromatic nitrogens is 2. The molecule has 7 nitrogen and oxygen atoms in total. The van der Waals surface area contributed by atoms with Crippen molar-refractivity contribution in [3.05, 3.63) is 71.1 Å². The van der Waals surface area contributed by atoms with Crippen LogP contribution >= 0.6 is 0 Å². The molecule has 2 aliphatic rings. The number of benzene rings is 2. The number of piperazine rings is 1. The number of carboxylic acid groups (broad SMARTS) is 1. The number of nitrogens with zero attached hydrogens (tertiary/aromatic N) is 4. The molecule has 7 heteroatoms. The van der Waals surface area contributed by atoms with Crippen molar-refractivity contribution in [3.8, 4) is 11.3 Å². The van der Waals surface area contributed by atoms with Crippen molar-refractivity contribution >= 4 is 22.6 Å². The Morgan fingerprint density at radius 2 is 1.89 bits per heavy atom. The molecular formula is C29H32N4O3. The number of rotatable bonds is 7. The molecule has 0 bridgehead atoms. The van der Waals surface area contributed by atoms with E-state index in [1.54, 1.807) is 6.20 Å². The highest BCUT2D eigenvalue weighted by atomic mass is 16.5. The van der Waals surface area contributed by atoms with E-state index in [1.165, 1.54) is 29.5 Å². The van der Waals surface area contributed by atoms with E-state index in [-0.39, 0.29) is 0 Å². The molecule has 3 heterocycles. The molecule has 1 aliphatic heterocycles. The van der Waals surface area contributed by atoms with Gasteiger partial charge in [-0.05, 0) is 49.9 Å².